The Bertz CT molecular complexity index is 1370. The summed E-state index contributed by atoms with van der Waals surface area (Å²) in [6, 6.07) is 8.60. The quantitative estimate of drug-likeness (QED) is 0.478. The topological polar surface area (TPSA) is 75.4 Å². The third-order valence-corrected chi connectivity index (χ3v) is 9.27. The highest BCUT2D eigenvalue weighted by molar-refractivity contribution is 6.30. The average Bonchev–Trinajstić information content (AvgIpc) is 3.27. The number of halogens is 2. The van der Waals surface area contributed by atoms with Crippen LogP contribution in [0.2, 0.25) is 5.02 Å². The van der Waals surface area contributed by atoms with Crippen molar-refractivity contribution in [1.82, 2.24) is 14.5 Å². The van der Waals surface area contributed by atoms with Crippen LogP contribution >= 0.6 is 11.6 Å². The first-order valence-corrected chi connectivity index (χ1v) is 12.8. The van der Waals surface area contributed by atoms with Crippen LogP contribution in [0.15, 0.2) is 36.5 Å². The van der Waals surface area contributed by atoms with Gasteiger partial charge in [-0.2, -0.15) is 0 Å². The Morgan fingerprint density at radius 1 is 1.25 bits per heavy atom. The molecule has 2 atom stereocenters. The molecule has 0 unspecified atom stereocenters. The van der Waals surface area contributed by atoms with Crippen molar-refractivity contribution in [3.8, 4) is 0 Å². The molecule has 3 heterocycles. The minimum atomic E-state index is -0.840. The highest BCUT2D eigenvalue weighted by atomic mass is 35.5. The highest BCUT2D eigenvalue weighted by Gasteiger charge is 2.56. The Morgan fingerprint density at radius 3 is 2.72 bits per heavy atom. The van der Waals surface area contributed by atoms with E-state index in [1.165, 1.54) is 6.07 Å². The Labute approximate surface area is 215 Å². The van der Waals surface area contributed by atoms with Gasteiger partial charge >= 0.3 is 5.97 Å². The highest BCUT2D eigenvalue weighted by Crippen LogP contribution is 2.57. The zero-order chi connectivity index (χ0) is 25.8. The number of fused-ring (bicyclic) bond motifs is 3. The molecule has 8 heteroatoms. The number of hydrogen-bond acceptors (Lipinski definition) is 3. The Morgan fingerprint density at radius 2 is 2.03 bits per heavy atom. The van der Waals surface area contributed by atoms with E-state index in [1.54, 1.807) is 25.3 Å². The molecule has 1 N–H and O–H groups in total. The van der Waals surface area contributed by atoms with Gasteiger partial charge in [0.1, 0.15) is 11.5 Å². The molecule has 0 saturated heterocycles. The summed E-state index contributed by atoms with van der Waals surface area (Å²) in [5.41, 5.74) is 2.08. The summed E-state index contributed by atoms with van der Waals surface area (Å²) in [6.07, 6.45) is 4.05. The van der Waals surface area contributed by atoms with E-state index >= 15 is 0 Å². The normalized spacial score (nSPS) is 23.1. The van der Waals surface area contributed by atoms with Gasteiger partial charge in [0.25, 0.3) is 0 Å². The molecular weight excluding hydrogens is 481 g/mol. The third kappa shape index (κ3) is 3.88. The van der Waals surface area contributed by atoms with Crippen molar-refractivity contribution in [2.75, 3.05) is 6.54 Å². The fraction of sp³-hybridized carbons (Fsp3) is 0.464. The van der Waals surface area contributed by atoms with Crippen LogP contribution in [-0.2, 0) is 29.1 Å². The van der Waals surface area contributed by atoms with Crippen LogP contribution in [0.1, 0.15) is 56.9 Å². The standard InChI is InChI=1S/C28H31ClFN3O3/c1-27(2)18(8-10-28(27,3)26(35)36)13-24(34)32-12-9-20-21-5-4-11-31-25(21)33(23(20)16-32)15-17-6-7-19(29)14-22(17)30/h4-7,11,14,18H,8-10,12-13,15-16H2,1-3H3,(H,35,36)/t18-,28+/m1/s1. The van der Waals surface area contributed by atoms with Crippen LogP contribution in [0, 0.1) is 22.6 Å². The summed E-state index contributed by atoms with van der Waals surface area (Å²) in [5, 5.41) is 11.2. The molecule has 1 saturated carbocycles. The van der Waals surface area contributed by atoms with Crippen LogP contribution in [0.3, 0.4) is 0 Å². The number of hydrogen-bond donors (Lipinski definition) is 1. The molecule has 190 valence electrons. The second-order valence-corrected chi connectivity index (χ2v) is 11.4. The van der Waals surface area contributed by atoms with Crippen molar-refractivity contribution in [2.45, 2.75) is 59.5 Å². The molecule has 2 aromatic heterocycles. The lowest BCUT2D eigenvalue weighted by molar-refractivity contribution is -0.155. The molecule has 0 radical (unpaired) electrons. The van der Waals surface area contributed by atoms with E-state index in [0.717, 1.165) is 28.7 Å². The first kappa shape index (κ1) is 24.8. The lowest BCUT2D eigenvalue weighted by Crippen LogP contribution is -2.43. The van der Waals surface area contributed by atoms with Gasteiger partial charge in [-0.1, -0.05) is 31.5 Å². The molecule has 0 bridgehead atoms. The summed E-state index contributed by atoms with van der Waals surface area (Å²) >= 11 is 5.95. The van der Waals surface area contributed by atoms with Gasteiger partial charge in [-0.05, 0) is 67.3 Å². The lowest BCUT2D eigenvalue weighted by Gasteiger charge is -2.39. The smallest absolute Gasteiger partial charge is 0.309 e. The number of rotatable bonds is 5. The number of pyridine rings is 1. The van der Waals surface area contributed by atoms with E-state index in [2.05, 4.69) is 4.98 Å². The second kappa shape index (κ2) is 8.87. The molecule has 1 aromatic carbocycles. The van der Waals surface area contributed by atoms with Gasteiger partial charge < -0.3 is 14.6 Å². The molecule has 1 fully saturated rings. The number of aliphatic carboxylic acids is 1. The largest absolute Gasteiger partial charge is 0.481 e. The number of amides is 1. The van der Waals surface area contributed by atoms with Crippen molar-refractivity contribution in [3.63, 3.8) is 0 Å². The second-order valence-electron chi connectivity index (χ2n) is 11.0. The fourth-order valence-corrected chi connectivity index (χ4v) is 6.30. The van der Waals surface area contributed by atoms with Crippen LogP contribution in [0.25, 0.3) is 11.0 Å². The predicted octanol–water partition coefficient (Wildman–Crippen LogP) is 5.68. The average molecular weight is 512 g/mol. The summed E-state index contributed by atoms with van der Waals surface area (Å²) in [5.74, 6) is -1.13. The number of carbonyl (C=O) groups is 2. The zero-order valence-electron chi connectivity index (χ0n) is 20.9. The maximum absolute atomic E-state index is 14.7. The molecule has 6 nitrogen and oxygen atoms in total. The van der Waals surface area contributed by atoms with E-state index in [9.17, 15) is 19.1 Å². The zero-order valence-corrected chi connectivity index (χ0v) is 21.6. The summed E-state index contributed by atoms with van der Waals surface area (Å²) in [6.45, 7) is 7.06. The Balaban J connectivity index is 1.43. The van der Waals surface area contributed by atoms with E-state index in [-0.39, 0.29) is 17.6 Å². The lowest BCUT2D eigenvalue weighted by atomic mass is 9.65. The maximum atomic E-state index is 14.7. The molecule has 1 aliphatic heterocycles. The van der Waals surface area contributed by atoms with Crippen LogP contribution in [0.4, 0.5) is 4.39 Å². The number of carbonyl (C=O) groups excluding carboxylic acids is 1. The van der Waals surface area contributed by atoms with Gasteiger partial charge in [-0.3, -0.25) is 9.59 Å². The van der Waals surface area contributed by atoms with Crippen molar-refractivity contribution >= 4 is 34.5 Å². The summed E-state index contributed by atoms with van der Waals surface area (Å²) in [7, 11) is 0. The van der Waals surface area contributed by atoms with Crippen LogP contribution < -0.4 is 0 Å². The van der Waals surface area contributed by atoms with Gasteiger partial charge in [0.05, 0.1) is 18.5 Å². The van der Waals surface area contributed by atoms with E-state index in [4.69, 9.17) is 11.6 Å². The van der Waals surface area contributed by atoms with Crippen molar-refractivity contribution < 1.29 is 19.1 Å². The minimum Gasteiger partial charge on any atom is -0.481 e. The maximum Gasteiger partial charge on any atom is 0.309 e. The van der Waals surface area contributed by atoms with E-state index in [0.29, 0.717) is 49.5 Å². The van der Waals surface area contributed by atoms with Crippen molar-refractivity contribution in [1.29, 1.82) is 0 Å². The van der Waals surface area contributed by atoms with Crippen LogP contribution in [0.5, 0.6) is 0 Å². The molecule has 3 aromatic rings. The van der Waals surface area contributed by atoms with Gasteiger partial charge in [-0.25, -0.2) is 9.37 Å². The van der Waals surface area contributed by atoms with Gasteiger partial charge in [0, 0.05) is 40.8 Å². The molecule has 36 heavy (non-hydrogen) atoms. The number of carboxylic acids is 1. The minimum absolute atomic E-state index is 0.00295. The number of nitrogens with zero attached hydrogens (tertiary/aromatic N) is 3. The van der Waals surface area contributed by atoms with E-state index < -0.39 is 16.8 Å². The molecular formula is C28H31ClFN3O3. The number of benzene rings is 1. The fourth-order valence-electron chi connectivity index (χ4n) is 6.14. The summed E-state index contributed by atoms with van der Waals surface area (Å²) < 4.78 is 16.7. The van der Waals surface area contributed by atoms with Crippen molar-refractivity contribution in [2.24, 2.45) is 16.7 Å². The Hall–Kier alpha value is -2.93. The predicted molar refractivity (Wildman–Crippen MR) is 136 cm³/mol. The Kier molecular flexibility index (Phi) is 6.10. The van der Waals surface area contributed by atoms with Gasteiger partial charge in [-0.15, -0.1) is 0 Å². The van der Waals surface area contributed by atoms with Gasteiger partial charge in [0.15, 0.2) is 0 Å². The van der Waals surface area contributed by atoms with E-state index in [1.807, 2.05) is 35.4 Å². The molecule has 0 spiro atoms. The number of aromatic nitrogens is 2. The molecule has 1 aliphatic carbocycles. The van der Waals surface area contributed by atoms with Gasteiger partial charge in [0.2, 0.25) is 5.91 Å². The molecule has 1 amide bonds. The SMILES string of the molecule is CC1(C)[C@@H](CC(=O)N2CCc3c(n(Cc4ccc(Cl)cc4F)c4ncccc34)C2)CC[C@@]1(C)C(=O)O. The number of carboxylic acid groups (broad SMARTS) is 1. The van der Waals surface area contributed by atoms with Crippen LogP contribution in [-0.4, -0.2) is 38.0 Å². The monoisotopic (exact) mass is 511 g/mol. The summed E-state index contributed by atoms with van der Waals surface area (Å²) in [4.78, 5) is 31.9. The third-order valence-electron chi connectivity index (χ3n) is 9.04. The first-order chi connectivity index (χ1) is 17.0. The molecule has 5 rings (SSSR count). The first-order valence-electron chi connectivity index (χ1n) is 12.4. The van der Waals surface area contributed by atoms with Crippen molar-refractivity contribution in [3.05, 3.63) is 64.2 Å². The molecule has 2 aliphatic rings.